The van der Waals surface area contributed by atoms with E-state index in [-0.39, 0.29) is 0 Å². The number of nitrogens with zero attached hydrogens (tertiary/aromatic N) is 2. The molecule has 102 valence electrons. The van der Waals surface area contributed by atoms with E-state index in [2.05, 4.69) is 55.2 Å². The van der Waals surface area contributed by atoms with Crippen LogP contribution >= 0.6 is 0 Å². The van der Waals surface area contributed by atoms with Gasteiger partial charge in [-0.2, -0.15) is 0 Å². The smallest absolute Gasteiger partial charge is 0.134 e. The van der Waals surface area contributed by atoms with Gasteiger partial charge in [0.1, 0.15) is 18.0 Å². The fourth-order valence-corrected chi connectivity index (χ4v) is 2.27. The van der Waals surface area contributed by atoms with Crippen molar-refractivity contribution in [3.63, 3.8) is 0 Å². The lowest BCUT2D eigenvalue weighted by atomic mass is 9.95. The molecule has 4 heteroatoms. The lowest BCUT2D eigenvalue weighted by Crippen LogP contribution is -2.26. The molecule has 1 rings (SSSR count). The van der Waals surface area contributed by atoms with Crippen molar-refractivity contribution in [3.8, 4) is 0 Å². The van der Waals surface area contributed by atoms with Gasteiger partial charge >= 0.3 is 0 Å². The first-order valence-electron chi connectivity index (χ1n) is 6.95. The van der Waals surface area contributed by atoms with E-state index in [1.807, 2.05) is 0 Å². The molecule has 1 aromatic heterocycles. The molecule has 4 nitrogen and oxygen atoms in total. The van der Waals surface area contributed by atoms with Gasteiger partial charge in [-0.3, -0.25) is 0 Å². The Morgan fingerprint density at radius 2 is 1.72 bits per heavy atom. The van der Waals surface area contributed by atoms with Crippen molar-refractivity contribution < 1.29 is 0 Å². The molecule has 1 heterocycles. The van der Waals surface area contributed by atoms with Crippen LogP contribution in [0.1, 0.15) is 46.1 Å². The van der Waals surface area contributed by atoms with E-state index in [9.17, 15) is 0 Å². The number of nitrogens with one attached hydrogen (secondary N) is 2. The van der Waals surface area contributed by atoms with Crippen molar-refractivity contribution in [2.24, 2.45) is 5.92 Å². The zero-order valence-electron chi connectivity index (χ0n) is 12.2. The van der Waals surface area contributed by atoms with Crippen molar-refractivity contribution in [2.45, 2.75) is 53.5 Å². The van der Waals surface area contributed by atoms with Crippen LogP contribution in [0, 0.1) is 12.8 Å². The van der Waals surface area contributed by atoms with Crippen LogP contribution in [-0.4, -0.2) is 22.6 Å². The number of aromatic nitrogens is 2. The maximum Gasteiger partial charge on any atom is 0.134 e. The molecular formula is C14H26N4. The van der Waals surface area contributed by atoms with Gasteiger partial charge in [-0.05, 0) is 26.7 Å². The lowest BCUT2D eigenvalue weighted by Gasteiger charge is -2.24. The van der Waals surface area contributed by atoms with E-state index in [0.717, 1.165) is 23.7 Å². The van der Waals surface area contributed by atoms with Crippen molar-refractivity contribution in [1.82, 2.24) is 9.97 Å². The first kappa shape index (κ1) is 14.7. The van der Waals surface area contributed by atoms with Crippen LogP contribution < -0.4 is 10.6 Å². The minimum absolute atomic E-state index is 0.433. The molecule has 0 bridgehead atoms. The largest absolute Gasteiger partial charge is 0.370 e. The van der Waals surface area contributed by atoms with Gasteiger partial charge in [0.25, 0.3) is 0 Å². The third-order valence-electron chi connectivity index (χ3n) is 3.55. The molecule has 1 unspecified atom stereocenters. The summed E-state index contributed by atoms with van der Waals surface area (Å²) < 4.78 is 0. The van der Waals surface area contributed by atoms with Crippen molar-refractivity contribution in [2.75, 3.05) is 17.2 Å². The molecular weight excluding hydrogens is 224 g/mol. The fraction of sp³-hybridized carbons (Fsp3) is 0.714. The number of rotatable bonds is 7. The molecule has 0 saturated carbocycles. The van der Waals surface area contributed by atoms with Gasteiger partial charge in [-0.25, -0.2) is 9.97 Å². The summed E-state index contributed by atoms with van der Waals surface area (Å²) in [5.74, 6) is 2.55. The summed E-state index contributed by atoms with van der Waals surface area (Å²) in [6.45, 7) is 11.7. The molecule has 1 aromatic rings. The lowest BCUT2D eigenvalue weighted by molar-refractivity contribution is 0.437. The second kappa shape index (κ2) is 7.19. The Bertz CT molecular complexity index is 361. The quantitative estimate of drug-likeness (QED) is 0.778. The van der Waals surface area contributed by atoms with Gasteiger partial charge in [0.15, 0.2) is 0 Å². The van der Waals surface area contributed by atoms with E-state index in [0.29, 0.717) is 12.0 Å². The molecule has 0 amide bonds. The van der Waals surface area contributed by atoms with Crippen LogP contribution in [0.5, 0.6) is 0 Å². The number of hydrogen-bond donors (Lipinski definition) is 2. The Kier molecular flexibility index (Phi) is 5.89. The van der Waals surface area contributed by atoms with E-state index >= 15 is 0 Å². The van der Waals surface area contributed by atoms with E-state index in [4.69, 9.17) is 0 Å². The summed E-state index contributed by atoms with van der Waals surface area (Å²) in [5.41, 5.74) is 1.09. The normalized spacial score (nSPS) is 12.6. The highest BCUT2D eigenvalue weighted by Crippen LogP contribution is 2.22. The Morgan fingerprint density at radius 3 is 2.28 bits per heavy atom. The minimum Gasteiger partial charge on any atom is -0.370 e. The van der Waals surface area contributed by atoms with E-state index < -0.39 is 0 Å². The maximum absolute atomic E-state index is 4.35. The van der Waals surface area contributed by atoms with Crippen LogP contribution in [0.2, 0.25) is 0 Å². The van der Waals surface area contributed by atoms with Gasteiger partial charge in [0.2, 0.25) is 0 Å². The molecule has 0 spiro atoms. The molecule has 0 fully saturated rings. The monoisotopic (exact) mass is 250 g/mol. The first-order chi connectivity index (χ1) is 8.63. The van der Waals surface area contributed by atoms with E-state index in [1.165, 1.54) is 12.8 Å². The average Bonchev–Trinajstić information content (AvgIpc) is 2.36. The highest BCUT2D eigenvalue weighted by molar-refractivity contribution is 5.56. The topological polar surface area (TPSA) is 49.8 Å². The highest BCUT2D eigenvalue weighted by Gasteiger charge is 2.15. The zero-order valence-corrected chi connectivity index (χ0v) is 12.2. The molecule has 0 saturated heterocycles. The molecule has 0 aliphatic heterocycles. The third kappa shape index (κ3) is 3.59. The van der Waals surface area contributed by atoms with Crippen LogP contribution in [-0.2, 0) is 0 Å². The maximum atomic E-state index is 4.35. The predicted molar refractivity (Wildman–Crippen MR) is 78.1 cm³/mol. The Labute approximate surface area is 111 Å². The Balaban J connectivity index is 2.81. The summed E-state index contributed by atoms with van der Waals surface area (Å²) in [6, 6.07) is 0.433. The van der Waals surface area contributed by atoms with Crippen LogP contribution in [0.3, 0.4) is 0 Å². The van der Waals surface area contributed by atoms with Gasteiger partial charge < -0.3 is 10.6 Å². The van der Waals surface area contributed by atoms with Crippen molar-refractivity contribution in [3.05, 3.63) is 11.9 Å². The van der Waals surface area contributed by atoms with Crippen molar-refractivity contribution in [1.29, 1.82) is 0 Å². The third-order valence-corrected chi connectivity index (χ3v) is 3.55. The second-order valence-electron chi connectivity index (χ2n) is 4.74. The van der Waals surface area contributed by atoms with Crippen LogP contribution in [0.15, 0.2) is 6.33 Å². The number of hydrogen-bond acceptors (Lipinski definition) is 4. The van der Waals surface area contributed by atoms with Crippen LogP contribution in [0.25, 0.3) is 0 Å². The molecule has 2 N–H and O–H groups in total. The summed E-state index contributed by atoms with van der Waals surface area (Å²) >= 11 is 0. The van der Waals surface area contributed by atoms with Gasteiger partial charge in [0, 0.05) is 18.2 Å². The Hall–Kier alpha value is -1.32. The minimum atomic E-state index is 0.433. The summed E-state index contributed by atoms with van der Waals surface area (Å²) in [5, 5.41) is 6.78. The first-order valence-corrected chi connectivity index (χ1v) is 6.95. The highest BCUT2D eigenvalue weighted by atomic mass is 15.1. The van der Waals surface area contributed by atoms with Gasteiger partial charge in [0.05, 0.1) is 0 Å². The Morgan fingerprint density at radius 1 is 1.11 bits per heavy atom. The fourth-order valence-electron chi connectivity index (χ4n) is 2.27. The van der Waals surface area contributed by atoms with Gasteiger partial charge in [-0.15, -0.1) is 0 Å². The zero-order chi connectivity index (χ0) is 13.5. The average molecular weight is 250 g/mol. The second-order valence-corrected chi connectivity index (χ2v) is 4.74. The molecule has 0 aliphatic carbocycles. The summed E-state index contributed by atoms with van der Waals surface area (Å²) in [4.78, 5) is 8.61. The summed E-state index contributed by atoms with van der Waals surface area (Å²) in [6.07, 6.45) is 4.00. The summed E-state index contributed by atoms with van der Waals surface area (Å²) in [7, 11) is 0. The molecule has 1 atom stereocenters. The molecule has 0 radical (unpaired) electrons. The molecule has 18 heavy (non-hydrogen) atoms. The van der Waals surface area contributed by atoms with Gasteiger partial charge in [-0.1, -0.05) is 26.7 Å². The standard InChI is InChI=1S/C14H26N4/c1-6-12(7-2)11(5)18-14-10(4)13(15-8-3)16-9-17-14/h9,11-12H,6-8H2,1-5H3,(H2,15,16,17,18). The molecule has 0 aliphatic rings. The predicted octanol–water partition coefficient (Wildman–Crippen LogP) is 3.45. The SMILES string of the molecule is CCNc1ncnc(NC(C)C(CC)CC)c1C. The van der Waals surface area contributed by atoms with E-state index in [1.54, 1.807) is 6.33 Å². The number of anilines is 2. The molecule has 0 aromatic carbocycles. The van der Waals surface area contributed by atoms with Crippen molar-refractivity contribution >= 4 is 11.6 Å². The van der Waals surface area contributed by atoms with Crippen LogP contribution in [0.4, 0.5) is 11.6 Å².